The van der Waals surface area contributed by atoms with Crippen molar-refractivity contribution in [2.24, 2.45) is 0 Å². The SMILES string of the molecule is O=C(Nc1ccc(Nc2ccccc2)cc1)c1ccc(O)c2ncccc12. The van der Waals surface area contributed by atoms with Gasteiger partial charge >= 0.3 is 0 Å². The van der Waals surface area contributed by atoms with Crippen molar-refractivity contribution in [2.75, 3.05) is 10.6 Å². The highest BCUT2D eigenvalue weighted by molar-refractivity contribution is 6.13. The fourth-order valence-corrected chi connectivity index (χ4v) is 2.88. The third-order valence-corrected chi connectivity index (χ3v) is 4.20. The molecule has 3 aromatic carbocycles. The second-order valence-electron chi connectivity index (χ2n) is 6.05. The van der Waals surface area contributed by atoms with Crippen LogP contribution in [0.15, 0.2) is 85.1 Å². The van der Waals surface area contributed by atoms with Crippen molar-refractivity contribution in [3.63, 3.8) is 0 Å². The summed E-state index contributed by atoms with van der Waals surface area (Å²) in [6.07, 6.45) is 1.59. The summed E-state index contributed by atoms with van der Waals surface area (Å²) in [4.78, 5) is 16.8. The van der Waals surface area contributed by atoms with E-state index in [9.17, 15) is 9.90 Å². The molecule has 0 saturated heterocycles. The van der Waals surface area contributed by atoms with Gasteiger partial charge in [0.1, 0.15) is 11.3 Å². The molecule has 0 atom stereocenters. The van der Waals surface area contributed by atoms with Gasteiger partial charge < -0.3 is 15.7 Å². The van der Waals surface area contributed by atoms with Crippen LogP contribution >= 0.6 is 0 Å². The normalized spacial score (nSPS) is 10.5. The van der Waals surface area contributed by atoms with Crippen LogP contribution in [0.1, 0.15) is 10.4 Å². The first-order valence-electron chi connectivity index (χ1n) is 8.51. The van der Waals surface area contributed by atoms with E-state index in [0.29, 0.717) is 22.2 Å². The van der Waals surface area contributed by atoms with Crippen LogP contribution in [0, 0.1) is 0 Å². The number of nitrogens with zero attached hydrogens (tertiary/aromatic N) is 1. The van der Waals surface area contributed by atoms with Crippen LogP contribution in [0.3, 0.4) is 0 Å². The summed E-state index contributed by atoms with van der Waals surface area (Å²) in [5.41, 5.74) is 3.48. The number of anilines is 3. The van der Waals surface area contributed by atoms with E-state index in [0.717, 1.165) is 11.4 Å². The molecule has 4 aromatic rings. The van der Waals surface area contributed by atoms with Gasteiger partial charge in [0.25, 0.3) is 5.91 Å². The van der Waals surface area contributed by atoms with E-state index in [2.05, 4.69) is 15.6 Å². The lowest BCUT2D eigenvalue weighted by Gasteiger charge is -2.10. The molecule has 132 valence electrons. The Morgan fingerprint density at radius 1 is 0.778 bits per heavy atom. The van der Waals surface area contributed by atoms with Gasteiger partial charge in [0.2, 0.25) is 0 Å². The second-order valence-corrected chi connectivity index (χ2v) is 6.05. The second kappa shape index (κ2) is 7.17. The van der Waals surface area contributed by atoms with Gasteiger partial charge in [0.05, 0.1) is 0 Å². The fourth-order valence-electron chi connectivity index (χ4n) is 2.88. The summed E-state index contributed by atoms with van der Waals surface area (Å²) >= 11 is 0. The molecule has 1 aromatic heterocycles. The van der Waals surface area contributed by atoms with Gasteiger partial charge in [-0.25, -0.2) is 0 Å². The number of carbonyl (C=O) groups excluding carboxylic acids is 1. The number of rotatable bonds is 4. The zero-order valence-electron chi connectivity index (χ0n) is 14.4. The molecule has 0 saturated carbocycles. The maximum absolute atomic E-state index is 12.7. The lowest BCUT2D eigenvalue weighted by atomic mass is 10.1. The van der Waals surface area contributed by atoms with E-state index in [-0.39, 0.29) is 11.7 Å². The Morgan fingerprint density at radius 3 is 2.26 bits per heavy atom. The van der Waals surface area contributed by atoms with Crippen LogP contribution in [0.4, 0.5) is 17.1 Å². The Hall–Kier alpha value is -3.86. The highest BCUT2D eigenvalue weighted by Gasteiger charge is 2.13. The van der Waals surface area contributed by atoms with Crippen molar-refractivity contribution in [2.45, 2.75) is 0 Å². The number of nitrogens with one attached hydrogen (secondary N) is 2. The Morgan fingerprint density at radius 2 is 1.48 bits per heavy atom. The summed E-state index contributed by atoms with van der Waals surface area (Å²) in [6.45, 7) is 0. The van der Waals surface area contributed by atoms with Crippen LogP contribution in [0.2, 0.25) is 0 Å². The van der Waals surface area contributed by atoms with Crippen molar-refractivity contribution in [3.05, 3.63) is 90.6 Å². The maximum atomic E-state index is 12.7. The molecule has 0 fully saturated rings. The lowest BCUT2D eigenvalue weighted by Crippen LogP contribution is -2.12. The van der Waals surface area contributed by atoms with E-state index in [1.165, 1.54) is 6.07 Å². The monoisotopic (exact) mass is 355 g/mol. The molecule has 4 rings (SSSR count). The number of phenolic OH excluding ortho intramolecular Hbond substituents is 1. The average molecular weight is 355 g/mol. The molecule has 0 spiro atoms. The molecule has 5 nitrogen and oxygen atoms in total. The van der Waals surface area contributed by atoms with Crippen LogP contribution in [0.25, 0.3) is 10.9 Å². The predicted molar refractivity (Wildman–Crippen MR) is 108 cm³/mol. The molecule has 1 heterocycles. The minimum Gasteiger partial charge on any atom is -0.506 e. The summed E-state index contributed by atoms with van der Waals surface area (Å²) in [7, 11) is 0. The smallest absolute Gasteiger partial charge is 0.256 e. The van der Waals surface area contributed by atoms with E-state index >= 15 is 0 Å². The van der Waals surface area contributed by atoms with Crippen molar-refractivity contribution in [1.29, 1.82) is 0 Å². The fraction of sp³-hybridized carbons (Fsp3) is 0. The standard InChI is InChI=1S/C22H17N3O2/c26-20-13-12-19(18-7-4-14-23-21(18)20)22(27)25-17-10-8-16(9-11-17)24-15-5-2-1-3-6-15/h1-14,24,26H,(H,25,27). The summed E-state index contributed by atoms with van der Waals surface area (Å²) < 4.78 is 0. The predicted octanol–water partition coefficient (Wildman–Crippen LogP) is 4.94. The Labute approximate surface area is 156 Å². The largest absolute Gasteiger partial charge is 0.506 e. The molecular weight excluding hydrogens is 338 g/mol. The molecule has 0 radical (unpaired) electrons. The van der Waals surface area contributed by atoms with Crippen molar-refractivity contribution >= 4 is 33.9 Å². The number of hydrogen-bond donors (Lipinski definition) is 3. The van der Waals surface area contributed by atoms with E-state index in [1.807, 2.05) is 54.6 Å². The summed E-state index contributed by atoms with van der Waals surface area (Å²) in [6, 6.07) is 23.9. The zero-order valence-corrected chi connectivity index (χ0v) is 14.4. The van der Waals surface area contributed by atoms with E-state index < -0.39 is 0 Å². The third-order valence-electron chi connectivity index (χ3n) is 4.20. The number of pyridine rings is 1. The molecule has 5 heteroatoms. The first-order valence-corrected chi connectivity index (χ1v) is 8.51. The van der Waals surface area contributed by atoms with Gasteiger partial charge in [-0.2, -0.15) is 0 Å². The van der Waals surface area contributed by atoms with Crippen LogP contribution < -0.4 is 10.6 Å². The van der Waals surface area contributed by atoms with Crippen molar-refractivity contribution in [3.8, 4) is 5.75 Å². The Bertz CT molecular complexity index is 1090. The molecule has 0 aliphatic heterocycles. The third kappa shape index (κ3) is 3.57. The first-order chi connectivity index (χ1) is 13.2. The quantitative estimate of drug-likeness (QED) is 0.485. The first kappa shape index (κ1) is 16.6. The molecule has 0 aliphatic rings. The van der Waals surface area contributed by atoms with Gasteiger partial charge in [-0.05, 0) is 54.6 Å². The number of aromatic hydroxyl groups is 1. The molecule has 3 N–H and O–H groups in total. The topological polar surface area (TPSA) is 74.2 Å². The van der Waals surface area contributed by atoms with Gasteiger partial charge in [-0.3, -0.25) is 9.78 Å². The highest BCUT2D eigenvalue weighted by atomic mass is 16.3. The minimum atomic E-state index is -0.253. The number of para-hydroxylation sites is 1. The number of fused-ring (bicyclic) bond motifs is 1. The number of phenols is 1. The van der Waals surface area contributed by atoms with Gasteiger partial charge in [-0.1, -0.05) is 24.3 Å². The van der Waals surface area contributed by atoms with Crippen LogP contribution in [-0.2, 0) is 0 Å². The number of hydrogen-bond acceptors (Lipinski definition) is 4. The van der Waals surface area contributed by atoms with Crippen LogP contribution in [-0.4, -0.2) is 16.0 Å². The van der Waals surface area contributed by atoms with E-state index in [4.69, 9.17) is 0 Å². The molecule has 0 unspecified atom stereocenters. The Balaban J connectivity index is 1.53. The Kier molecular flexibility index (Phi) is 4.41. The number of amides is 1. The number of benzene rings is 3. The zero-order chi connectivity index (χ0) is 18.6. The van der Waals surface area contributed by atoms with Crippen molar-refractivity contribution < 1.29 is 9.90 Å². The van der Waals surface area contributed by atoms with Gasteiger partial charge in [0.15, 0.2) is 0 Å². The summed E-state index contributed by atoms with van der Waals surface area (Å²) in [5, 5.41) is 16.7. The number of carbonyl (C=O) groups is 1. The molecule has 27 heavy (non-hydrogen) atoms. The highest BCUT2D eigenvalue weighted by Crippen LogP contribution is 2.26. The minimum absolute atomic E-state index is 0.0542. The van der Waals surface area contributed by atoms with Crippen LogP contribution in [0.5, 0.6) is 5.75 Å². The summed E-state index contributed by atoms with van der Waals surface area (Å²) in [5.74, 6) is -0.199. The number of aromatic nitrogens is 1. The van der Waals surface area contributed by atoms with Crippen molar-refractivity contribution in [1.82, 2.24) is 4.98 Å². The van der Waals surface area contributed by atoms with E-state index in [1.54, 1.807) is 24.4 Å². The van der Waals surface area contributed by atoms with Gasteiger partial charge in [-0.15, -0.1) is 0 Å². The molecular formula is C22H17N3O2. The molecule has 0 bridgehead atoms. The molecule has 1 amide bonds. The molecule has 0 aliphatic carbocycles. The van der Waals surface area contributed by atoms with Gasteiger partial charge in [0, 0.05) is 34.2 Å². The average Bonchev–Trinajstić information content (AvgIpc) is 2.71. The lowest BCUT2D eigenvalue weighted by molar-refractivity contribution is 0.102. The maximum Gasteiger partial charge on any atom is 0.256 e.